The van der Waals surface area contributed by atoms with Crippen molar-refractivity contribution < 1.29 is 9.53 Å². The number of carbonyl (C=O) groups excluding carboxylic acids is 1. The van der Waals surface area contributed by atoms with Crippen molar-refractivity contribution in [2.45, 2.75) is 89.4 Å². The smallest absolute Gasteiger partial charge is 0.220 e. The molecule has 3 nitrogen and oxygen atoms in total. The maximum Gasteiger partial charge on any atom is 0.220 e. The molecule has 2 atom stereocenters. The summed E-state index contributed by atoms with van der Waals surface area (Å²) in [6.45, 7) is 2.16. The highest BCUT2D eigenvalue weighted by molar-refractivity contribution is 5.76. The van der Waals surface area contributed by atoms with Crippen LogP contribution in [0.4, 0.5) is 0 Å². The van der Waals surface area contributed by atoms with E-state index >= 15 is 0 Å². The van der Waals surface area contributed by atoms with Gasteiger partial charge >= 0.3 is 0 Å². The largest absolute Gasteiger partial charge is 0.369 e. The molecule has 1 saturated heterocycles. The Morgan fingerprint density at radius 2 is 1.36 bits per heavy atom. The lowest BCUT2D eigenvalue weighted by atomic mass is 10.1. The van der Waals surface area contributed by atoms with E-state index in [9.17, 15) is 4.79 Å². The summed E-state index contributed by atoms with van der Waals surface area (Å²) in [5.74, 6) is 0.189. The van der Waals surface area contributed by atoms with Crippen molar-refractivity contribution in [3.05, 3.63) is 60.8 Å². The second-order valence-electron chi connectivity index (χ2n) is 7.54. The SMILES string of the molecule is CC/C=C\C/C=C\C/C=C\CC1OC1C/C=C\C/C=C\CCC(=O)NC1CC1. The summed E-state index contributed by atoms with van der Waals surface area (Å²) in [5.41, 5.74) is 0. The molecule has 2 rings (SSSR count). The van der Waals surface area contributed by atoms with E-state index in [1.54, 1.807) is 0 Å². The summed E-state index contributed by atoms with van der Waals surface area (Å²) >= 11 is 0. The highest BCUT2D eigenvalue weighted by Gasteiger charge is 2.35. The number of hydrogen-bond acceptors (Lipinski definition) is 2. The molecule has 1 saturated carbocycles. The summed E-state index contributed by atoms with van der Waals surface area (Å²) in [5, 5.41) is 3.01. The van der Waals surface area contributed by atoms with Gasteiger partial charge in [0, 0.05) is 12.5 Å². The van der Waals surface area contributed by atoms with Crippen LogP contribution >= 0.6 is 0 Å². The van der Waals surface area contributed by atoms with Gasteiger partial charge in [-0.05, 0) is 57.8 Å². The number of epoxide rings is 1. The summed E-state index contributed by atoms with van der Waals surface area (Å²) in [7, 11) is 0. The number of allylic oxidation sites excluding steroid dienone is 8. The molecular weight excluding hydrogens is 346 g/mol. The van der Waals surface area contributed by atoms with Crippen molar-refractivity contribution >= 4 is 5.91 Å². The van der Waals surface area contributed by atoms with Gasteiger partial charge < -0.3 is 10.1 Å². The second kappa shape index (κ2) is 14.2. The molecule has 0 bridgehead atoms. The topological polar surface area (TPSA) is 41.6 Å². The standard InChI is InChI=1S/C25H37NO2/c1-2-3-4-5-6-7-8-11-14-17-23-24(28-23)18-15-12-9-10-13-16-19-25(27)26-22-20-21-22/h3-4,6-7,10-15,22-24H,2,5,8-9,16-21H2,1H3,(H,26,27)/b4-3-,7-6-,13-10-,14-11-,15-12-. The van der Waals surface area contributed by atoms with Gasteiger partial charge in [-0.2, -0.15) is 0 Å². The van der Waals surface area contributed by atoms with Crippen LogP contribution in [-0.2, 0) is 9.53 Å². The summed E-state index contributed by atoms with van der Waals surface area (Å²) in [4.78, 5) is 11.5. The molecule has 0 aromatic heterocycles. The van der Waals surface area contributed by atoms with E-state index < -0.39 is 0 Å². The molecule has 3 heteroatoms. The van der Waals surface area contributed by atoms with E-state index in [2.05, 4.69) is 73.0 Å². The first-order valence-electron chi connectivity index (χ1n) is 11.0. The summed E-state index contributed by atoms with van der Waals surface area (Å²) in [6.07, 6.45) is 32.6. The first-order valence-corrected chi connectivity index (χ1v) is 11.0. The lowest BCUT2D eigenvalue weighted by molar-refractivity contribution is -0.121. The van der Waals surface area contributed by atoms with Gasteiger partial charge in [-0.25, -0.2) is 0 Å². The third kappa shape index (κ3) is 11.8. The molecule has 0 aromatic rings. The molecule has 28 heavy (non-hydrogen) atoms. The van der Waals surface area contributed by atoms with Crippen LogP contribution in [0, 0.1) is 0 Å². The van der Waals surface area contributed by atoms with E-state index in [1.165, 1.54) is 0 Å². The van der Waals surface area contributed by atoms with Crippen molar-refractivity contribution in [1.29, 1.82) is 0 Å². The summed E-state index contributed by atoms with van der Waals surface area (Å²) in [6, 6.07) is 0.471. The Balaban J connectivity index is 1.40. The molecule has 1 amide bonds. The predicted octanol–water partition coefficient (Wildman–Crippen LogP) is 5.95. The molecule has 154 valence electrons. The number of amides is 1. The van der Waals surface area contributed by atoms with E-state index in [-0.39, 0.29) is 5.91 Å². The quantitative estimate of drug-likeness (QED) is 0.280. The predicted molar refractivity (Wildman–Crippen MR) is 118 cm³/mol. The Morgan fingerprint density at radius 3 is 1.93 bits per heavy atom. The van der Waals surface area contributed by atoms with Crippen LogP contribution in [0.25, 0.3) is 0 Å². The average molecular weight is 384 g/mol. The van der Waals surface area contributed by atoms with Crippen LogP contribution < -0.4 is 5.32 Å². The number of rotatable bonds is 15. The van der Waals surface area contributed by atoms with Gasteiger partial charge in [0.15, 0.2) is 0 Å². The van der Waals surface area contributed by atoms with E-state index in [1.807, 2.05) is 0 Å². The maximum atomic E-state index is 11.5. The average Bonchev–Trinajstić information content (AvgIpc) is 3.60. The molecule has 2 unspecified atom stereocenters. The highest BCUT2D eigenvalue weighted by atomic mass is 16.6. The van der Waals surface area contributed by atoms with Crippen LogP contribution in [0.2, 0.25) is 0 Å². The summed E-state index contributed by atoms with van der Waals surface area (Å²) < 4.78 is 5.71. The van der Waals surface area contributed by atoms with Crippen molar-refractivity contribution in [3.8, 4) is 0 Å². The van der Waals surface area contributed by atoms with Crippen LogP contribution in [0.1, 0.15) is 71.1 Å². The van der Waals surface area contributed by atoms with Crippen molar-refractivity contribution in [2.75, 3.05) is 0 Å². The van der Waals surface area contributed by atoms with Crippen LogP contribution in [-0.4, -0.2) is 24.2 Å². The van der Waals surface area contributed by atoms with Crippen molar-refractivity contribution in [1.82, 2.24) is 5.32 Å². The monoisotopic (exact) mass is 383 g/mol. The third-order valence-corrected chi connectivity index (χ3v) is 4.79. The zero-order valence-electron chi connectivity index (χ0n) is 17.4. The molecule has 0 spiro atoms. The first-order chi connectivity index (χ1) is 13.8. The number of ether oxygens (including phenoxy) is 1. The zero-order valence-corrected chi connectivity index (χ0v) is 17.4. The number of hydrogen-bond donors (Lipinski definition) is 1. The minimum Gasteiger partial charge on any atom is -0.369 e. The van der Waals surface area contributed by atoms with Crippen LogP contribution in [0.3, 0.4) is 0 Å². The van der Waals surface area contributed by atoms with Crippen LogP contribution in [0.15, 0.2) is 60.8 Å². The Labute approximate surface area is 171 Å². The molecule has 1 heterocycles. The molecule has 0 radical (unpaired) electrons. The van der Waals surface area contributed by atoms with Gasteiger partial charge in [-0.1, -0.05) is 67.7 Å². The molecule has 2 fully saturated rings. The van der Waals surface area contributed by atoms with Gasteiger partial charge in [-0.15, -0.1) is 0 Å². The third-order valence-electron chi connectivity index (χ3n) is 4.79. The Bertz CT molecular complexity index is 581. The molecule has 1 aliphatic heterocycles. The van der Waals surface area contributed by atoms with Gasteiger partial charge in [-0.3, -0.25) is 4.79 Å². The zero-order chi connectivity index (χ0) is 19.9. The maximum absolute atomic E-state index is 11.5. The Morgan fingerprint density at radius 1 is 0.821 bits per heavy atom. The number of carbonyl (C=O) groups is 1. The second-order valence-corrected chi connectivity index (χ2v) is 7.54. The molecular formula is C25H37NO2. The van der Waals surface area contributed by atoms with E-state index in [0.717, 1.165) is 57.8 Å². The van der Waals surface area contributed by atoms with Gasteiger partial charge in [0.25, 0.3) is 0 Å². The fourth-order valence-corrected chi connectivity index (χ4v) is 2.89. The van der Waals surface area contributed by atoms with Gasteiger partial charge in [0.2, 0.25) is 5.91 Å². The molecule has 0 aromatic carbocycles. The lowest BCUT2D eigenvalue weighted by Crippen LogP contribution is -2.24. The first kappa shape index (κ1) is 22.4. The minimum atomic E-state index is 0.189. The Hall–Kier alpha value is -1.87. The number of nitrogens with one attached hydrogen (secondary N) is 1. The Kier molecular flexibility index (Phi) is 11.3. The van der Waals surface area contributed by atoms with Crippen molar-refractivity contribution in [3.63, 3.8) is 0 Å². The molecule has 1 aliphatic carbocycles. The van der Waals surface area contributed by atoms with Gasteiger partial charge in [0.1, 0.15) is 0 Å². The lowest BCUT2D eigenvalue weighted by Gasteiger charge is -1.99. The molecule has 1 N–H and O–H groups in total. The minimum absolute atomic E-state index is 0.189. The van der Waals surface area contributed by atoms with Crippen LogP contribution in [0.5, 0.6) is 0 Å². The normalized spacial score (nSPS) is 22.5. The van der Waals surface area contributed by atoms with E-state index in [4.69, 9.17) is 4.74 Å². The van der Waals surface area contributed by atoms with Gasteiger partial charge in [0.05, 0.1) is 12.2 Å². The fraction of sp³-hybridized carbons (Fsp3) is 0.560. The van der Waals surface area contributed by atoms with E-state index in [0.29, 0.717) is 24.7 Å². The molecule has 2 aliphatic rings. The fourth-order valence-electron chi connectivity index (χ4n) is 2.89. The van der Waals surface area contributed by atoms with Crippen molar-refractivity contribution in [2.24, 2.45) is 0 Å². The highest BCUT2D eigenvalue weighted by Crippen LogP contribution is 2.29.